The molecule has 112 valence electrons. The molecule has 0 unspecified atom stereocenters. The Labute approximate surface area is 128 Å². The fourth-order valence-electron chi connectivity index (χ4n) is 2.39. The molecule has 0 saturated heterocycles. The molecule has 0 spiro atoms. The van der Waals surface area contributed by atoms with Crippen molar-refractivity contribution in [2.75, 3.05) is 27.7 Å². The molecule has 0 atom stereocenters. The van der Waals surface area contributed by atoms with Crippen LogP contribution in [-0.2, 0) is 13.1 Å². The second-order valence-corrected chi connectivity index (χ2v) is 6.61. The van der Waals surface area contributed by atoms with Crippen LogP contribution in [0.1, 0.15) is 13.3 Å². The Morgan fingerprint density at radius 2 is 1.29 bits per heavy atom. The number of aromatic nitrogens is 2. The summed E-state index contributed by atoms with van der Waals surface area (Å²) < 4.78 is 5.48. The zero-order valence-corrected chi connectivity index (χ0v) is 13.8. The quantitative estimate of drug-likeness (QED) is 0.567. The lowest BCUT2D eigenvalue weighted by molar-refractivity contribution is -0.873. The molecule has 21 heavy (non-hydrogen) atoms. The molecule has 0 aromatic carbocycles. The molecular formula is C18H28N3+3. The Hall–Kier alpha value is -1.74. The van der Waals surface area contributed by atoms with E-state index in [9.17, 15) is 0 Å². The van der Waals surface area contributed by atoms with Crippen LogP contribution >= 0.6 is 0 Å². The molecule has 0 aliphatic rings. The molecule has 2 heterocycles. The van der Waals surface area contributed by atoms with Gasteiger partial charge in [0.05, 0.1) is 34.1 Å². The molecule has 0 saturated carbocycles. The fourth-order valence-corrected chi connectivity index (χ4v) is 2.39. The average molecular weight is 286 g/mol. The lowest BCUT2D eigenvalue weighted by Gasteiger charge is -2.22. The predicted octanol–water partition coefficient (Wildman–Crippen LogP) is 2.04. The molecule has 2 aromatic rings. The van der Waals surface area contributed by atoms with E-state index in [1.165, 1.54) is 24.1 Å². The van der Waals surface area contributed by atoms with Crippen molar-refractivity contribution in [3.63, 3.8) is 0 Å². The van der Waals surface area contributed by atoms with Crippen LogP contribution in [0.2, 0.25) is 0 Å². The normalized spacial score (nSPS) is 11.6. The summed E-state index contributed by atoms with van der Waals surface area (Å²) in [6.07, 6.45) is 9.85. The van der Waals surface area contributed by atoms with Crippen molar-refractivity contribution in [2.45, 2.75) is 26.4 Å². The first-order valence-electron chi connectivity index (χ1n) is 7.77. The number of aryl methyl sites for hydroxylation is 2. The summed E-state index contributed by atoms with van der Waals surface area (Å²) in [6, 6.07) is 8.77. The summed E-state index contributed by atoms with van der Waals surface area (Å²) in [5, 5.41) is 0. The van der Waals surface area contributed by atoms with Gasteiger partial charge in [0.1, 0.15) is 6.54 Å². The van der Waals surface area contributed by atoms with Crippen LogP contribution in [-0.4, -0.2) is 32.2 Å². The Balaban J connectivity index is 1.98. The van der Waals surface area contributed by atoms with E-state index in [0.29, 0.717) is 0 Å². The van der Waals surface area contributed by atoms with Crippen LogP contribution in [0, 0.1) is 0 Å². The number of nitrogens with zero attached hydrogens (tertiary/aromatic N) is 3. The molecule has 0 amide bonds. The van der Waals surface area contributed by atoms with Gasteiger partial charge in [0.2, 0.25) is 0 Å². The summed E-state index contributed by atoms with van der Waals surface area (Å²) in [7, 11) is 6.73. The molecule has 0 radical (unpaired) electrons. The first kappa shape index (κ1) is 15.6. The van der Waals surface area contributed by atoms with Crippen LogP contribution in [0.15, 0.2) is 49.1 Å². The van der Waals surface area contributed by atoms with Crippen LogP contribution in [0.5, 0.6) is 0 Å². The summed E-state index contributed by atoms with van der Waals surface area (Å²) in [6.45, 7) is 5.45. The monoisotopic (exact) mass is 286 g/mol. The van der Waals surface area contributed by atoms with Gasteiger partial charge in [-0.15, -0.1) is 0 Å². The highest BCUT2D eigenvalue weighted by molar-refractivity contribution is 5.60. The largest absolute Gasteiger partial charge is 0.331 e. The Bertz CT molecular complexity index is 551. The SMILES string of the molecule is CC[n+]1ccc(-c2cc[n+](CCC[N+](C)(C)C)cc2)cc1. The lowest BCUT2D eigenvalue weighted by atomic mass is 10.1. The molecular weight excluding hydrogens is 258 g/mol. The van der Waals surface area contributed by atoms with Crippen LogP contribution in [0.4, 0.5) is 0 Å². The van der Waals surface area contributed by atoms with E-state index in [2.05, 4.69) is 86.3 Å². The minimum atomic E-state index is 1.02. The van der Waals surface area contributed by atoms with Crippen molar-refractivity contribution in [1.82, 2.24) is 0 Å². The summed E-state index contributed by atoms with van der Waals surface area (Å²) in [5.74, 6) is 0. The Morgan fingerprint density at radius 3 is 1.71 bits per heavy atom. The zero-order chi connectivity index (χ0) is 15.3. The van der Waals surface area contributed by atoms with Gasteiger partial charge in [-0.05, 0) is 18.1 Å². The second-order valence-electron chi connectivity index (χ2n) is 6.61. The molecule has 3 heteroatoms. The molecule has 0 bridgehead atoms. The third kappa shape index (κ3) is 4.94. The smallest absolute Gasteiger partial charge is 0.169 e. The lowest BCUT2D eigenvalue weighted by Crippen LogP contribution is -2.39. The summed E-state index contributed by atoms with van der Waals surface area (Å²) in [4.78, 5) is 0. The van der Waals surface area contributed by atoms with Crippen molar-refractivity contribution >= 4 is 0 Å². The van der Waals surface area contributed by atoms with Crippen molar-refractivity contribution in [1.29, 1.82) is 0 Å². The highest BCUT2D eigenvalue weighted by Gasteiger charge is 2.09. The van der Waals surface area contributed by atoms with Gasteiger partial charge in [-0.3, -0.25) is 0 Å². The van der Waals surface area contributed by atoms with Gasteiger partial charge in [0.15, 0.2) is 31.3 Å². The van der Waals surface area contributed by atoms with Gasteiger partial charge < -0.3 is 4.48 Å². The van der Waals surface area contributed by atoms with E-state index >= 15 is 0 Å². The van der Waals surface area contributed by atoms with Gasteiger partial charge in [-0.2, -0.15) is 0 Å². The van der Waals surface area contributed by atoms with E-state index < -0.39 is 0 Å². The van der Waals surface area contributed by atoms with Crippen LogP contribution in [0.3, 0.4) is 0 Å². The maximum Gasteiger partial charge on any atom is 0.169 e. The fraction of sp³-hybridized carbons (Fsp3) is 0.444. The number of quaternary nitrogens is 1. The summed E-state index contributed by atoms with van der Waals surface area (Å²) >= 11 is 0. The highest BCUT2D eigenvalue weighted by atomic mass is 15.3. The molecule has 0 fully saturated rings. The standard InChI is InChI=1S/C18H28N3/c1-5-19-12-7-17(8-13-19)18-9-14-20(15-10-18)11-6-16-21(2,3)4/h7-10,12-15H,5-6,11,16H2,1-4H3/q+3. The van der Waals surface area contributed by atoms with E-state index in [4.69, 9.17) is 0 Å². The van der Waals surface area contributed by atoms with Crippen LogP contribution < -0.4 is 9.13 Å². The van der Waals surface area contributed by atoms with Gasteiger partial charge >= 0.3 is 0 Å². The minimum Gasteiger partial charge on any atom is -0.331 e. The third-order valence-corrected chi connectivity index (χ3v) is 3.73. The van der Waals surface area contributed by atoms with Gasteiger partial charge in [0.25, 0.3) is 0 Å². The van der Waals surface area contributed by atoms with Gasteiger partial charge in [-0.1, -0.05) is 0 Å². The maximum absolute atomic E-state index is 2.27. The second kappa shape index (κ2) is 6.81. The Kier molecular flexibility index (Phi) is 5.07. The summed E-state index contributed by atoms with van der Waals surface area (Å²) in [5.41, 5.74) is 2.55. The van der Waals surface area contributed by atoms with Gasteiger partial charge in [0, 0.05) is 24.3 Å². The van der Waals surface area contributed by atoms with Crippen LogP contribution in [0.25, 0.3) is 11.1 Å². The van der Waals surface area contributed by atoms with Crippen molar-refractivity contribution < 1.29 is 13.6 Å². The number of hydrogen-bond acceptors (Lipinski definition) is 0. The molecule has 0 aliphatic heterocycles. The van der Waals surface area contributed by atoms with Crippen molar-refractivity contribution in [3.05, 3.63) is 49.1 Å². The predicted molar refractivity (Wildman–Crippen MR) is 85.5 cm³/mol. The first-order chi connectivity index (χ1) is 9.98. The van der Waals surface area contributed by atoms with Crippen molar-refractivity contribution in [3.8, 4) is 11.1 Å². The molecule has 0 aliphatic carbocycles. The number of hydrogen-bond donors (Lipinski definition) is 0. The first-order valence-corrected chi connectivity index (χ1v) is 7.77. The average Bonchev–Trinajstić information content (AvgIpc) is 2.47. The minimum absolute atomic E-state index is 1.02. The third-order valence-electron chi connectivity index (χ3n) is 3.73. The maximum atomic E-state index is 2.27. The van der Waals surface area contributed by atoms with E-state index in [1.54, 1.807) is 0 Å². The highest BCUT2D eigenvalue weighted by Crippen LogP contribution is 2.15. The Morgan fingerprint density at radius 1 is 0.810 bits per heavy atom. The topological polar surface area (TPSA) is 7.76 Å². The molecule has 0 N–H and O–H groups in total. The van der Waals surface area contributed by atoms with Gasteiger partial charge in [-0.25, -0.2) is 9.13 Å². The van der Waals surface area contributed by atoms with E-state index in [1.807, 2.05) is 0 Å². The number of pyridine rings is 2. The number of rotatable bonds is 6. The van der Waals surface area contributed by atoms with E-state index in [0.717, 1.165) is 17.6 Å². The van der Waals surface area contributed by atoms with E-state index in [-0.39, 0.29) is 0 Å². The molecule has 3 nitrogen and oxygen atoms in total. The molecule has 2 aromatic heterocycles. The van der Waals surface area contributed by atoms with Crippen molar-refractivity contribution in [2.24, 2.45) is 0 Å². The molecule has 2 rings (SSSR count). The zero-order valence-electron chi connectivity index (χ0n) is 13.8.